The summed E-state index contributed by atoms with van der Waals surface area (Å²) in [6.07, 6.45) is 3.31. The van der Waals surface area contributed by atoms with E-state index in [4.69, 9.17) is 23.2 Å². The van der Waals surface area contributed by atoms with Crippen LogP contribution in [-0.4, -0.2) is 16.8 Å². The van der Waals surface area contributed by atoms with Crippen molar-refractivity contribution in [2.45, 2.75) is 12.3 Å². The third kappa shape index (κ3) is 2.46. The van der Waals surface area contributed by atoms with Gasteiger partial charge in [-0.05, 0) is 60.5 Å². The Kier molecular flexibility index (Phi) is 4.23. The molecule has 3 aromatic rings. The normalized spacial score (nSPS) is 26.5. The van der Waals surface area contributed by atoms with Crippen LogP contribution in [-0.2, 0) is 15.0 Å². The summed E-state index contributed by atoms with van der Waals surface area (Å²) in [6.45, 7) is 1.82. The fraction of sp³-hybridized carbons (Fsp3) is 0.167. The minimum atomic E-state index is -0.992. The number of hydrogen-bond acceptors (Lipinski definition) is 4. The molecule has 1 aliphatic heterocycles. The topological polar surface area (TPSA) is 74.1 Å². The molecule has 0 unspecified atom stereocenters. The van der Waals surface area contributed by atoms with Crippen molar-refractivity contribution in [2.24, 2.45) is 11.3 Å². The number of piperidine rings is 1. The van der Waals surface area contributed by atoms with Gasteiger partial charge in [-0.2, -0.15) is 5.26 Å². The molecule has 2 aromatic carbocycles. The van der Waals surface area contributed by atoms with Crippen LogP contribution in [0.15, 0.2) is 67.0 Å². The van der Waals surface area contributed by atoms with E-state index in [0.717, 1.165) is 11.1 Å². The van der Waals surface area contributed by atoms with Crippen LogP contribution in [0.3, 0.4) is 0 Å². The monoisotopic (exact) mass is 447 g/mol. The lowest BCUT2D eigenvalue weighted by Gasteiger charge is -2.29. The quantitative estimate of drug-likeness (QED) is 0.542. The van der Waals surface area contributed by atoms with Crippen LogP contribution in [0.1, 0.15) is 23.6 Å². The molecule has 2 aliphatic rings. The summed E-state index contributed by atoms with van der Waals surface area (Å²) in [7, 11) is 0. The number of halogens is 2. The van der Waals surface area contributed by atoms with E-state index in [9.17, 15) is 14.9 Å². The van der Waals surface area contributed by atoms with E-state index in [1.165, 1.54) is 4.90 Å². The molecule has 0 N–H and O–H groups in total. The van der Waals surface area contributed by atoms with Crippen molar-refractivity contribution in [3.05, 3.63) is 93.7 Å². The maximum atomic E-state index is 13.7. The summed E-state index contributed by atoms with van der Waals surface area (Å²) >= 11 is 12.2. The third-order valence-corrected chi connectivity index (χ3v) is 7.01. The average molecular weight is 448 g/mol. The molecular formula is C24H15Cl2N3O2. The van der Waals surface area contributed by atoms with Gasteiger partial charge in [-0.15, -0.1) is 0 Å². The van der Waals surface area contributed by atoms with Crippen molar-refractivity contribution in [2.75, 3.05) is 4.90 Å². The van der Waals surface area contributed by atoms with Gasteiger partial charge < -0.3 is 0 Å². The van der Waals surface area contributed by atoms with Crippen LogP contribution in [0.25, 0.3) is 0 Å². The van der Waals surface area contributed by atoms with Crippen LogP contribution in [0, 0.1) is 22.7 Å². The first-order valence-corrected chi connectivity index (χ1v) is 10.4. The Balaban J connectivity index is 1.68. The number of hydrogen-bond donors (Lipinski definition) is 0. The van der Waals surface area contributed by atoms with E-state index in [1.807, 2.05) is 31.2 Å². The van der Waals surface area contributed by atoms with Gasteiger partial charge in [0.05, 0.1) is 28.7 Å². The van der Waals surface area contributed by atoms with E-state index in [2.05, 4.69) is 11.1 Å². The number of rotatable bonds is 3. The first-order chi connectivity index (χ1) is 14.9. The van der Waals surface area contributed by atoms with E-state index < -0.39 is 16.7 Å². The summed E-state index contributed by atoms with van der Waals surface area (Å²) in [5.41, 5.74) is 0.702. The van der Waals surface area contributed by atoms with Crippen molar-refractivity contribution >= 4 is 40.7 Å². The highest BCUT2D eigenvalue weighted by Crippen LogP contribution is 2.76. The van der Waals surface area contributed by atoms with Crippen molar-refractivity contribution in [3.63, 3.8) is 0 Å². The Morgan fingerprint density at radius 2 is 1.55 bits per heavy atom. The number of amides is 2. The van der Waals surface area contributed by atoms with Crippen molar-refractivity contribution in [1.29, 1.82) is 5.26 Å². The third-order valence-electron chi connectivity index (χ3n) is 6.57. The molecule has 0 spiro atoms. The first kappa shape index (κ1) is 19.7. The lowest BCUT2D eigenvalue weighted by Crippen LogP contribution is -2.42. The number of fused-ring (bicyclic) bond motifs is 1. The van der Waals surface area contributed by atoms with Gasteiger partial charge in [-0.1, -0.05) is 35.3 Å². The number of carbonyl (C=O) groups excluding carboxylic acids is 2. The molecule has 0 bridgehead atoms. The van der Waals surface area contributed by atoms with Gasteiger partial charge in [0.25, 0.3) is 0 Å². The molecule has 1 aliphatic carbocycles. The number of anilines is 1. The Labute approximate surface area is 188 Å². The second-order valence-corrected chi connectivity index (χ2v) is 8.85. The number of imide groups is 1. The summed E-state index contributed by atoms with van der Waals surface area (Å²) < 4.78 is 0. The fourth-order valence-corrected chi connectivity index (χ4v) is 5.75. The number of aromatic nitrogens is 1. The van der Waals surface area contributed by atoms with Crippen molar-refractivity contribution < 1.29 is 9.59 Å². The predicted molar refractivity (Wildman–Crippen MR) is 117 cm³/mol. The summed E-state index contributed by atoms with van der Waals surface area (Å²) in [5.74, 6) is -1.20. The molecule has 5 nitrogen and oxygen atoms in total. The van der Waals surface area contributed by atoms with Crippen LogP contribution in [0.2, 0.25) is 10.0 Å². The minimum Gasteiger partial charge on any atom is -0.274 e. The SMILES string of the molecule is C[C@@]12C(=O)N(c3cc(Cl)cc(Cl)c3)C(=O)[C@@H]1[C@]2(c1ccncc1)c1ccc(C#N)cc1. The Morgan fingerprint density at radius 3 is 2.06 bits per heavy atom. The highest BCUT2D eigenvalue weighted by Gasteiger charge is 2.86. The Hall–Kier alpha value is -3.20. The zero-order chi connectivity index (χ0) is 22.0. The molecule has 0 radical (unpaired) electrons. The molecule has 1 saturated heterocycles. The maximum absolute atomic E-state index is 13.7. The molecule has 2 amide bonds. The Bertz CT molecular complexity index is 1270. The molecule has 152 valence electrons. The van der Waals surface area contributed by atoms with E-state index in [1.54, 1.807) is 42.7 Å². The second kappa shape index (κ2) is 6.65. The van der Waals surface area contributed by atoms with E-state index >= 15 is 0 Å². The smallest absolute Gasteiger partial charge is 0.241 e. The summed E-state index contributed by atoms with van der Waals surface area (Å²) in [6, 6.07) is 17.5. The molecule has 2 heterocycles. The van der Waals surface area contributed by atoms with Gasteiger partial charge in [0.2, 0.25) is 11.8 Å². The lowest BCUT2D eigenvalue weighted by molar-refractivity contribution is -0.125. The highest BCUT2D eigenvalue weighted by molar-refractivity contribution is 6.36. The second-order valence-electron chi connectivity index (χ2n) is 7.97. The van der Waals surface area contributed by atoms with Crippen LogP contribution < -0.4 is 4.90 Å². The lowest BCUT2D eigenvalue weighted by atomic mass is 9.79. The van der Waals surface area contributed by atoms with Gasteiger partial charge in [0.15, 0.2) is 0 Å². The zero-order valence-corrected chi connectivity index (χ0v) is 17.9. The van der Waals surface area contributed by atoms with Gasteiger partial charge in [-0.25, -0.2) is 4.90 Å². The Morgan fingerprint density at radius 1 is 0.968 bits per heavy atom. The zero-order valence-electron chi connectivity index (χ0n) is 16.3. The fourth-order valence-electron chi connectivity index (χ4n) is 5.24. The molecule has 3 atom stereocenters. The predicted octanol–water partition coefficient (Wildman–Crippen LogP) is 4.76. The maximum Gasteiger partial charge on any atom is 0.241 e. The number of nitriles is 1. The van der Waals surface area contributed by atoms with Gasteiger partial charge in [0.1, 0.15) is 0 Å². The first-order valence-electron chi connectivity index (χ1n) is 9.61. The van der Waals surface area contributed by atoms with E-state index in [0.29, 0.717) is 21.3 Å². The van der Waals surface area contributed by atoms with Crippen LogP contribution >= 0.6 is 23.2 Å². The standard InChI is InChI=1S/C24H15Cl2N3O2/c1-23-20(21(30)29(22(23)31)19-11-17(25)10-18(26)12-19)24(23,16-6-8-28-9-7-16)15-4-2-14(13-27)3-5-15/h2-12,20H,1H3/t20-,23-,24+/m0/s1. The molecule has 1 aromatic heterocycles. The molecule has 31 heavy (non-hydrogen) atoms. The molecule has 1 saturated carbocycles. The van der Waals surface area contributed by atoms with Crippen LogP contribution in [0.4, 0.5) is 5.69 Å². The molecule has 7 heteroatoms. The molecule has 5 rings (SSSR count). The largest absolute Gasteiger partial charge is 0.274 e. The number of carbonyl (C=O) groups is 2. The van der Waals surface area contributed by atoms with Gasteiger partial charge >= 0.3 is 0 Å². The van der Waals surface area contributed by atoms with E-state index in [-0.39, 0.29) is 11.8 Å². The summed E-state index contributed by atoms with van der Waals surface area (Å²) in [5, 5.41) is 9.87. The van der Waals surface area contributed by atoms with Crippen LogP contribution in [0.5, 0.6) is 0 Å². The summed E-state index contributed by atoms with van der Waals surface area (Å²) in [4.78, 5) is 32.6. The van der Waals surface area contributed by atoms with Gasteiger partial charge in [-0.3, -0.25) is 14.6 Å². The number of pyridine rings is 1. The number of benzene rings is 2. The van der Waals surface area contributed by atoms with Crippen molar-refractivity contribution in [1.82, 2.24) is 4.98 Å². The number of nitrogens with zero attached hydrogens (tertiary/aromatic N) is 3. The highest BCUT2D eigenvalue weighted by atomic mass is 35.5. The van der Waals surface area contributed by atoms with Crippen molar-refractivity contribution in [3.8, 4) is 6.07 Å². The average Bonchev–Trinajstić information content (AvgIpc) is 3.28. The minimum absolute atomic E-state index is 0.299. The molecular weight excluding hydrogens is 433 g/mol. The molecule has 2 fully saturated rings. The van der Waals surface area contributed by atoms with Gasteiger partial charge in [0, 0.05) is 27.9 Å².